The van der Waals surface area contributed by atoms with Gasteiger partial charge in [-0.15, -0.1) is 5.10 Å². The molecule has 11 heteroatoms. The van der Waals surface area contributed by atoms with Gasteiger partial charge in [0, 0.05) is 6.54 Å². The van der Waals surface area contributed by atoms with Gasteiger partial charge in [0.05, 0.1) is 11.4 Å². The summed E-state index contributed by atoms with van der Waals surface area (Å²) >= 11 is 0. The number of aryl methyl sites for hydroxylation is 1. The van der Waals surface area contributed by atoms with E-state index in [1.807, 2.05) is 52.0 Å². The van der Waals surface area contributed by atoms with Gasteiger partial charge in [-0.2, -0.15) is 9.78 Å². The summed E-state index contributed by atoms with van der Waals surface area (Å²) in [6, 6.07) is 7.87. The summed E-state index contributed by atoms with van der Waals surface area (Å²) in [5.41, 5.74) is 11.7. The number of nitrogens with zero attached hydrogens (tertiary/aromatic N) is 7. The van der Waals surface area contributed by atoms with Gasteiger partial charge in [0.2, 0.25) is 11.6 Å². The Morgan fingerprint density at radius 3 is 2.53 bits per heavy atom. The predicted molar refractivity (Wildman–Crippen MR) is 111 cm³/mol. The highest BCUT2D eigenvalue weighted by Gasteiger charge is 2.25. The molecule has 3 N–H and O–H groups in total. The lowest BCUT2D eigenvalue weighted by Gasteiger charge is -2.18. The van der Waals surface area contributed by atoms with E-state index in [0.717, 1.165) is 24.2 Å². The first kappa shape index (κ1) is 21.1. The fraction of sp³-hybridized carbons (Fsp3) is 0.368. The van der Waals surface area contributed by atoms with Gasteiger partial charge >= 0.3 is 0 Å². The Hall–Kier alpha value is -3.60. The van der Waals surface area contributed by atoms with E-state index >= 15 is 0 Å². The number of carbonyl (C=O) groups excluding carboxylic acids is 1. The third kappa shape index (κ3) is 4.51. The van der Waals surface area contributed by atoms with Crippen LogP contribution in [0, 0.1) is 6.92 Å². The molecule has 0 atom stereocenters. The molecule has 0 aliphatic heterocycles. The number of nitrogens with two attached hydrogens (primary N) is 1. The number of hydrogen-bond donors (Lipinski definition) is 2. The second kappa shape index (κ2) is 9.27. The monoisotopic (exact) mass is 411 g/mol. The van der Waals surface area contributed by atoms with Gasteiger partial charge in [0.1, 0.15) is 0 Å². The quantitative estimate of drug-likeness (QED) is 0.420. The van der Waals surface area contributed by atoms with Gasteiger partial charge in [-0.05, 0) is 42.8 Å². The van der Waals surface area contributed by atoms with Crippen LogP contribution < -0.4 is 11.2 Å². The van der Waals surface area contributed by atoms with Gasteiger partial charge in [-0.3, -0.25) is 9.69 Å². The lowest BCUT2D eigenvalue weighted by Crippen LogP contribution is -2.27. The Morgan fingerprint density at radius 1 is 1.23 bits per heavy atom. The van der Waals surface area contributed by atoms with Crippen LogP contribution in [0.2, 0.25) is 0 Å². The fourth-order valence-electron chi connectivity index (χ4n) is 2.83. The smallest absolute Gasteiger partial charge is 0.293 e. The third-order valence-corrected chi connectivity index (χ3v) is 4.74. The van der Waals surface area contributed by atoms with Crippen LogP contribution in [-0.2, 0) is 6.54 Å². The lowest BCUT2D eigenvalue weighted by molar-refractivity contribution is 0.0947. The van der Waals surface area contributed by atoms with Crippen LogP contribution in [0.3, 0.4) is 0 Å². The van der Waals surface area contributed by atoms with Crippen molar-refractivity contribution in [1.29, 1.82) is 0 Å². The fourth-order valence-corrected chi connectivity index (χ4v) is 2.83. The lowest BCUT2D eigenvalue weighted by atomic mass is 10.1. The standard InChI is InChI=1S/C19H25N9O2/c1-5-27(6-2)11-15-16(22-26-28(15)18-17(20)24-30-25-18)19(29)23-21-13(4)14-9-7-12(3)8-10-14/h7-10H,5-6,11H2,1-4H3,(H2,20,24)(H,23,29)/b21-13-. The van der Waals surface area contributed by atoms with E-state index in [9.17, 15) is 4.79 Å². The highest BCUT2D eigenvalue weighted by atomic mass is 16.6. The van der Waals surface area contributed by atoms with Gasteiger partial charge in [-0.1, -0.05) is 48.9 Å². The zero-order valence-electron chi connectivity index (χ0n) is 17.5. The van der Waals surface area contributed by atoms with Crippen molar-refractivity contribution in [3.05, 3.63) is 46.8 Å². The van der Waals surface area contributed by atoms with E-state index in [1.54, 1.807) is 0 Å². The van der Waals surface area contributed by atoms with Crippen molar-refractivity contribution in [2.24, 2.45) is 5.10 Å². The first-order valence-electron chi connectivity index (χ1n) is 9.61. The van der Waals surface area contributed by atoms with Gasteiger partial charge in [0.25, 0.3) is 5.91 Å². The molecule has 3 aromatic rings. The average Bonchev–Trinajstić information content (AvgIpc) is 3.35. The number of benzene rings is 1. The summed E-state index contributed by atoms with van der Waals surface area (Å²) in [5, 5.41) is 19.6. The minimum atomic E-state index is -0.482. The normalized spacial score (nSPS) is 11.8. The molecule has 11 nitrogen and oxygen atoms in total. The Kier molecular flexibility index (Phi) is 6.52. The van der Waals surface area contributed by atoms with Crippen LogP contribution in [-0.4, -0.2) is 54.9 Å². The maximum Gasteiger partial charge on any atom is 0.293 e. The molecule has 0 aliphatic rings. The van der Waals surface area contributed by atoms with Crippen molar-refractivity contribution in [1.82, 2.24) is 35.6 Å². The number of nitrogen functional groups attached to an aromatic ring is 1. The summed E-state index contributed by atoms with van der Waals surface area (Å²) in [6.45, 7) is 9.85. The molecular formula is C19H25N9O2. The minimum Gasteiger partial charge on any atom is -0.378 e. The van der Waals surface area contributed by atoms with E-state index in [4.69, 9.17) is 5.73 Å². The maximum atomic E-state index is 12.8. The van der Waals surface area contributed by atoms with E-state index in [0.29, 0.717) is 18.0 Å². The number of carbonyl (C=O) groups is 1. The molecule has 0 saturated carbocycles. The Bertz CT molecular complexity index is 1030. The van der Waals surface area contributed by atoms with E-state index in [-0.39, 0.29) is 17.3 Å². The topological polar surface area (TPSA) is 140 Å². The van der Waals surface area contributed by atoms with Gasteiger partial charge in [0.15, 0.2) is 5.69 Å². The molecule has 0 saturated heterocycles. The van der Waals surface area contributed by atoms with Crippen LogP contribution in [0.5, 0.6) is 0 Å². The summed E-state index contributed by atoms with van der Waals surface area (Å²) in [4.78, 5) is 14.9. The second-order valence-electron chi connectivity index (χ2n) is 6.74. The predicted octanol–water partition coefficient (Wildman–Crippen LogP) is 1.54. The number of anilines is 1. The largest absolute Gasteiger partial charge is 0.378 e. The van der Waals surface area contributed by atoms with Crippen LogP contribution >= 0.6 is 0 Å². The van der Waals surface area contributed by atoms with Crippen molar-refractivity contribution in [2.75, 3.05) is 18.8 Å². The number of amides is 1. The zero-order valence-corrected chi connectivity index (χ0v) is 17.5. The first-order valence-corrected chi connectivity index (χ1v) is 9.61. The number of hydrazone groups is 1. The molecular weight excluding hydrogens is 386 g/mol. The molecule has 2 aromatic heterocycles. The van der Waals surface area contributed by atoms with Gasteiger partial charge < -0.3 is 5.73 Å². The van der Waals surface area contributed by atoms with Crippen molar-refractivity contribution in [2.45, 2.75) is 34.2 Å². The third-order valence-electron chi connectivity index (χ3n) is 4.74. The number of aromatic nitrogens is 5. The van der Waals surface area contributed by atoms with Crippen LogP contribution in [0.25, 0.3) is 5.82 Å². The molecule has 1 aromatic carbocycles. The molecule has 0 fully saturated rings. The Balaban J connectivity index is 1.89. The van der Waals surface area contributed by atoms with Crippen LogP contribution in [0.1, 0.15) is 48.1 Å². The molecule has 30 heavy (non-hydrogen) atoms. The number of rotatable bonds is 8. The average molecular weight is 411 g/mol. The summed E-state index contributed by atoms with van der Waals surface area (Å²) in [6.07, 6.45) is 0. The molecule has 0 aliphatic carbocycles. The summed E-state index contributed by atoms with van der Waals surface area (Å²) in [5.74, 6) is -0.242. The van der Waals surface area contributed by atoms with E-state index in [1.165, 1.54) is 4.68 Å². The molecule has 0 unspecified atom stereocenters. The highest BCUT2D eigenvalue weighted by Crippen LogP contribution is 2.17. The van der Waals surface area contributed by atoms with Crippen molar-refractivity contribution >= 4 is 17.4 Å². The zero-order chi connectivity index (χ0) is 21.7. The van der Waals surface area contributed by atoms with Crippen LogP contribution in [0.4, 0.5) is 5.82 Å². The summed E-state index contributed by atoms with van der Waals surface area (Å²) in [7, 11) is 0. The molecule has 0 radical (unpaired) electrons. The van der Waals surface area contributed by atoms with Crippen molar-refractivity contribution in [3.8, 4) is 5.82 Å². The van der Waals surface area contributed by atoms with Crippen molar-refractivity contribution < 1.29 is 9.42 Å². The number of hydrogen-bond acceptors (Lipinski definition) is 9. The molecule has 158 valence electrons. The first-order chi connectivity index (χ1) is 14.4. The minimum absolute atomic E-state index is 0.0564. The van der Waals surface area contributed by atoms with E-state index in [2.05, 4.69) is 40.7 Å². The molecule has 3 rings (SSSR count). The maximum absolute atomic E-state index is 12.8. The SMILES string of the molecule is CCN(CC)Cc1c(C(=O)N/N=C(/C)c2ccc(C)cc2)nnn1-c1nonc1N. The van der Waals surface area contributed by atoms with Gasteiger partial charge in [-0.25, -0.2) is 10.1 Å². The van der Waals surface area contributed by atoms with Crippen molar-refractivity contribution in [3.63, 3.8) is 0 Å². The number of nitrogens with one attached hydrogen (secondary N) is 1. The molecule has 0 spiro atoms. The second-order valence-corrected chi connectivity index (χ2v) is 6.74. The highest BCUT2D eigenvalue weighted by molar-refractivity contribution is 6.00. The Labute approximate surface area is 173 Å². The van der Waals surface area contributed by atoms with Crippen LogP contribution in [0.15, 0.2) is 34.0 Å². The molecule has 1 amide bonds. The Morgan fingerprint density at radius 2 is 1.93 bits per heavy atom. The summed E-state index contributed by atoms with van der Waals surface area (Å²) < 4.78 is 6.04. The molecule has 0 bridgehead atoms. The van der Waals surface area contributed by atoms with E-state index < -0.39 is 5.91 Å². The molecule has 2 heterocycles.